The number of fused-ring (bicyclic) bond motifs is 1. The molecule has 4 rings (SSSR count). The van der Waals surface area contributed by atoms with Crippen molar-refractivity contribution < 1.29 is 8.78 Å². The molecule has 3 nitrogen and oxygen atoms in total. The van der Waals surface area contributed by atoms with Crippen LogP contribution in [0.2, 0.25) is 0 Å². The Balaban J connectivity index is 1.98. The summed E-state index contributed by atoms with van der Waals surface area (Å²) in [5.74, 6) is 0. The molecular formula is C22H19F2N3. The summed E-state index contributed by atoms with van der Waals surface area (Å²) in [6.45, 7) is 3.82. The van der Waals surface area contributed by atoms with E-state index in [1.165, 1.54) is 11.6 Å². The number of nitrogens with zero attached hydrogens (tertiary/aromatic N) is 3. The van der Waals surface area contributed by atoms with Gasteiger partial charge >= 0.3 is 0 Å². The summed E-state index contributed by atoms with van der Waals surface area (Å²) in [5, 5.41) is 4.91. The molecule has 0 aliphatic carbocycles. The van der Waals surface area contributed by atoms with E-state index in [-0.39, 0.29) is 5.56 Å². The zero-order valence-electron chi connectivity index (χ0n) is 15.2. The molecule has 2 heterocycles. The van der Waals surface area contributed by atoms with E-state index in [1.807, 2.05) is 54.6 Å². The zero-order chi connectivity index (χ0) is 19.0. The van der Waals surface area contributed by atoms with Crippen molar-refractivity contribution >= 4 is 11.0 Å². The van der Waals surface area contributed by atoms with Crippen LogP contribution in [-0.2, 0) is 6.42 Å². The molecule has 136 valence electrons. The molecule has 0 saturated heterocycles. The summed E-state index contributed by atoms with van der Waals surface area (Å²) in [6, 6.07) is 18.8. The van der Waals surface area contributed by atoms with Crippen LogP contribution in [-0.4, -0.2) is 14.8 Å². The number of pyridine rings is 1. The van der Waals surface area contributed by atoms with Gasteiger partial charge in [-0.25, -0.2) is 18.4 Å². The van der Waals surface area contributed by atoms with Crippen molar-refractivity contribution in [3.8, 4) is 16.9 Å². The van der Waals surface area contributed by atoms with Crippen LogP contribution in [0.4, 0.5) is 8.78 Å². The highest BCUT2D eigenvalue weighted by molar-refractivity contribution is 5.86. The Labute approximate surface area is 156 Å². The van der Waals surface area contributed by atoms with Gasteiger partial charge in [-0.1, -0.05) is 49.4 Å². The topological polar surface area (TPSA) is 30.7 Å². The first kappa shape index (κ1) is 17.3. The van der Waals surface area contributed by atoms with Crippen LogP contribution in [0.1, 0.15) is 30.2 Å². The fraction of sp³-hybridized carbons (Fsp3) is 0.182. The van der Waals surface area contributed by atoms with Crippen molar-refractivity contribution in [1.82, 2.24) is 14.8 Å². The molecule has 0 fully saturated rings. The number of para-hydroxylation sites is 1. The average Bonchev–Trinajstić information content (AvgIpc) is 3.04. The SMILES string of the molecule is CCc1ccc(-c2cc(C(F)F)c3c(C)nn(-c4ccccc4)c3n2)cc1. The Morgan fingerprint density at radius 2 is 1.70 bits per heavy atom. The Morgan fingerprint density at radius 3 is 2.33 bits per heavy atom. The maximum Gasteiger partial charge on any atom is 0.264 e. The quantitative estimate of drug-likeness (QED) is 0.452. The molecule has 0 bridgehead atoms. The molecule has 0 amide bonds. The average molecular weight is 363 g/mol. The number of aromatic nitrogens is 3. The summed E-state index contributed by atoms with van der Waals surface area (Å²) < 4.78 is 29.3. The molecule has 0 N–H and O–H groups in total. The molecule has 0 aliphatic rings. The van der Waals surface area contributed by atoms with Crippen LogP contribution in [0, 0.1) is 6.92 Å². The van der Waals surface area contributed by atoms with Crippen LogP contribution >= 0.6 is 0 Å². The molecule has 0 spiro atoms. The first-order valence-corrected chi connectivity index (χ1v) is 8.91. The molecule has 0 unspecified atom stereocenters. The summed E-state index contributed by atoms with van der Waals surface area (Å²) in [5.41, 5.74) is 4.29. The van der Waals surface area contributed by atoms with E-state index in [0.29, 0.717) is 22.4 Å². The monoisotopic (exact) mass is 363 g/mol. The number of rotatable bonds is 4. The largest absolute Gasteiger partial charge is 0.264 e. The van der Waals surface area contributed by atoms with Crippen molar-refractivity contribution in [1.29, 1.82) is 0 Å². The molecule has 0 aliphatic heterocycles. The van der Waals surface area contributed by atoms with E-state index in [0.717, 1.165) is 17.7 Å². The van der Waals surface area contributed by atoms with E-state index >= 15 is 0 Å². The Hall–Kier alpha value is -3.08. The van der Waals surface area contributed by atoms with Crippen molar-refractivity contribution in [3.63, 3.8) is 0 Å². The van der Waals surface area contributed by atoms with Crippen LogP contribution in [0.3, 0.4) is 0 Å². The highest BCUT2D eigenvalue weighted by atomic mass is 19.3. The highest BCUT2D eigenvalue weighted by Gasteiger charge is 2.21. The van der Waals surface area contributed by atoms with Crippen LogP contribution in [0.25, 0.3) is 28.0 Å². The molecule has 2 aromatic carbocycles. The molecule has 5 heteroatoms. The van der Waals surface area contributed by atoms with Gasteiger partial charge in [0.15, 0.2) is 5.65 Å². The molecular weight excluding hydrogens is 344 g/mol. The molecule has 4 aromatic rings. The molecule has 0 radical (unpaired) electrons. The van der Waals surface area contributed by atoms with Crippen molar-refractivity contribution in [2.45, 2.75) is 26.7 Å². The Kier molecular flexibility index (Phi) is 4.44. The number of halogens is 2. The predicted molar refractivity (Wildman–Crippen MR) is 103 cm³/mol. The number of alkyl halides is 2. The standard InChI is InChI=1S/C22H19F2N3/c1-3-15-9-11-16(12-10-15)19-13-18(21(23)24)20-14(2)26-27(22(20)25-19)17-7-5-4-6-8-17/h4-13,21H,3H2,1-2H3. The summed E-state index contributed by atoms with van der Waals surface area (Å²) >= 11 is 0. The Morgan fingerprint density at radius 1 is 1.00 bits per heavy atom. The third-order valence-electron chi connectivity index (χ3n) is 4.74. The lowest BCUT2D eigenvalue weighted by Crippen LogP contribution is -1.99. The van der Waals surface area contributed by atoms with Gasteiger partial charge in [-0.15, -0.1) is 0 Å². The van der Waals surface area contributed by atoms with Crippen molar-refractivity contribution in [3.05, 3.63) is 77.5 Å². The van der Waals surface area contributed by atoms with Gasteiger partial charge in [0.1, 0.15) is 0 Å². The zero-order valence-corrected chi connectivity index (χ0v) is 15.2. The summed E-state index contributed by atoms with van der Waals surface area (Å²) in [6.07, 6.45) is -1.68. The van der Waals surface area contributed by atoms with Gasteiger partial charge in [0.05, 0.1) is 22.5 Å². The predicted octanol–water partition coefficient (Wildman–Crippen LogP) is 5.90. The minimum absolute atomic E-state index is 0.0331. The second-order valence-corrected chi connectivity index (χ2v) is 6.48. The third kappa shape index (κ3) is 3.10. The molecule has 0 atom stereocenters. The Bertz CT molecular complexity index is 1080. The lowest BCUT2D eigenvalue weighted by atomic mass is 10.0. The smallest absolute Gasteiger partial charge is 0.228 e. The van der Waals surface area contributed by atoms with Crippen LogP contribution in [0.15, 0.2) is 60.7 Å². The first-order valence-electron chi connectivity index (χ1n) is 8.91. The van der Waals surface area contributed by atoms with Gasteiger partial charge in [-0.2, -0.15) is 5.10 Å². The van der Waals surface area contributed by atoms with Gasteiger partial charge in [-0.3, -0.25) is 0 Å². The van der Waals surface area contributed by atoms with Crippen molar-refractivity contribution in [2.24, 2.45) is 0 Å². The molecule has 2 aromatic heterocycles. The van der Waals surface area contributed by atoms with Gasteiger partial charge in [0, 0.05) is 11.1 Å². The normalized spacial score (nSPS) is 11.4. The number of benzene rings is 2. The fourth-order valence-corrected chi connectivity index (χ4v) is 3.30. The highest BCUT2D eigenvalue weighted by Crippen LogP contribution is 2.34. The maximum absolute atomic E-state index is 13.8. The van der Waals surface area contributed by atoms with Gasteiger partial charge < -0.3 is 0 Å². The fourth-order valence-electron chi connectivity index (χ4n) is 3.30. The second-order valence-electron chi connectivity index (χ2n) is 6.48. The minimum Gasteiger partial charge on any atom is -0.228 e. The first-order chi connectivity index (χ1) is 13.1. The molecule has 27 heavy (non-hydrogen) atoms. The van der Waals surface area contributed by atoms with Crippen LogP contribution < -0.4 is 0 Å². The van der Waals surface area contributed by atoms with Gasteiger partial charge in [0.2, 0.25) is 0 Å². The van der Waals surface area contributed by atoms with Crippen molar-refractivity contribution in [2.75, 3.05) is 0 Å². The maximum atomic E-state index is 13.8. The lowest BCUT2D eigenvalue weighted by molar-refractivity contribution is 0.153. The van der Waals surface area contributed by atoms with E-state index in [2.05, 4.69) is 12.0 Å². The minimum atomic E-state index is -2.60. The van der Waals surface area contributed by atoms with Gasteiger partial charge in [-0.05, 0) is 37.1 Å². The third-order valence-corrected chi connectivity index (χ3v) is 4.74. The summed E-state index contributed by atoms with van der Waals surface area (Å²) in [7, 11) is 0. The number of aryl methyl sites for hydroxylation is 2. The van der Waals surface area contributed by atoms with Gasteiger partial charge in [0.25, 0.3) is 6.43 Å². The van der Waals surface area contributed by atoms with E-state index in [1.54, 1.807) is 11.6 Å². The van der Waals surface area contributed by atoms with E-state index in [9.17, 15) is 8.78 Å². The number of hydrogen-bond donors (Lipinski definition) is 0. The van der Waals surface area contributed by atoms with E-state index < -0.39 is 6.43 Å². The van der Waals surface area contributed by atoms with E-state index in [4.69, 9.17) is 4.98 Å². The summed E-state index contributed by atoms with van der Waals surface area (Å²) in [4.78, 5) is 4.71. The second kappa shape index (κ2) is 6.91. The lowest BCUT2D eigenvalue weighted by Gasteiger charge is -2.09. The molecule has 0 saturated carbocycles. The van der Waals surface area contributed by atoms with Crippen LogP contribution in [0.5, 0.6) is 0 Å². The number of hydrogen-bond acceptors (Lipinski definition) is 2.